The summed E-state index contributed by atoms with van der Waals surface area (Å²) in [5, 5.41) is 11.1. The van der Waals surface area contributed by atoms with Gasteiger partial charge < -0.3 is 26.0 Å². The monoisotopic (exact) mass is 562 g/mol. The maximum Gasteiger partial charge on any atom is 0.407 e. The van der Waals surface area contributed by atoms with Gasteiger partial charge in [-0.05, 0) is 76.6 Å². The number of hydrogen-bond acceptors (Lipinski definition) is 7. The molecule has 0 saturated carbocycles. The van der Waals surface area contributed by atoms with Crippen molar-refractivity contribution in [3.63, 3.8) is 0 Å². The molecule has 0 aromatic heterocycles. The summed E-state index contributed by atoms with van der Waals surface area (Å²) in [6, 6.07) is 7.04. The van der Waals surface area contributed by atoms with Crippen LogP contribution in [0.25, 0.3) is 6.08 Å². The molecule has 1 heterocycles. The van der Waals surface area contributed by atoms with Crippen LogP contribution in [0.4, 0.5) is 4.79 Å². The second kappa shape index (κ2) is 16.1. The summed E-state index contributed by atoms with van der Waals surface area (Å²) in [6.07, 6.45) is 6.79. The average Bonchev–Trinajstić information content (AvgIpc) is 3.16. The maximum absolute atomic E-state index is 12.3. The maximum atomic E-state index is 12.3. The summed E-state index contributed by atoms with van der Waals surface area (Å²) >= 11 is 6.20. The number of carbonyl (C=O) groups excluding carboxylic acids is 4. The predicted octanol–water partition coefficient (Wildman–Crippen LogP) is 4.28. The molecule has 4 amide bonds. The van der Waals surface area contributed by atoms with Crippen molar-refractivity contribution in [2.75, 3.05) is 19.6 Å². The summed E-state index contributed by atoms with van der Waals surface area (Å²) in [6.45, 7) is 7.17. The molecule has 208 valence electrons. The number of alkyl carbamates (subject to hydrolysis) is 1. The van der Waals surface area contributed by atoms with Gasteiger partial charge in [-0.3, -0.25) is 14.4 Å². The van der Waals surface area contributed by atoms with E-state index in [1.807, 2.05) is 20.8 Å². The topological polar surface area (TPSA) is 126 Å². The number of carbonyl (C=O) groups is 4. The summed E-state index contributed by atoms with van der Waals surface area (Å²) in [5.41, 5.74) is 0.870. The minimum absolute atomic E-state index is 0.0346. The predicted molar refractivity (Wildman–Crippen MR) is 155 cm³/mol. The highest BCUT2D eigenvalue weighted by Gasteiger charge is 2.22. The highest BCUT2D eigenvalue weighted by Crippen LogP contribution is 2.25. The third-order valence-electron chi connectivity index (χ3n) is 5.32. The van der Waals surface area contributed by atoms with Gasteiger partial charge in [0, 0.05) is 31.6 Å². The Morgan fingerprint density at radius 2 is 1.53 bits per heavy atom. The van der Waals surface area contributed by atoms with E-state index in [1.165, 1.54) is 11.8 Å². The fourth-order valence-electron chi connectivity index (χ4n) is 3.44. The number of unbranched alkanes of at least 4 members (excludes halogenated alkanes) is 4. The van der Waals surface area contributed by atoms with Crippen molar-refractivity contribution in [3.05, 3.63) is 40.3 Å². The van der Waals surface area contributed by atoms with Gasteiger partial charge in [-0.25, -0.2) is 4.79 Å². The van der Waals surface area contributed by atoms with Crippen LogP contribution in [0.3, 0.4) is 0 Å². The number of nitrogens with one attached hydrogen (secondary N) is 4. The van der Waals surface area contributed by atoms with Crippen molar-refractivity contribution in [1.29, 1.82) is 0 Å². The Bertz CT molecular complexity index is 1020. The van der Waals surface area contributed by atoms with Crippen LogP contribution in [-0.4, -0.2) is 53.4 Å². The lowest BCUT2D eigenvalue weighted by atomic mass is 10.1. The molecule has 38 heavy (non-hydrogen) atoms. The third kappa shape index (κ3) is 13.0. The van der Waals surface area contributed by atoms with Crippen LogP contribution in [0.2, 0.25) is 0 Å². The molecule has 1 aliphatic rings. The van der Waals surface area contributed by atoms with Gasteiger partial charge in [0.2, 0.25) is 5.91 Å². The first kappa shape index (κ1) is 31.3. The number of amides is 4. The molecule has 0 unspecified atom stereocenters. The Morgan fingerprint density at radius 3 is 2.13 bits per heavy atom. The second-order valence-electron chi connectivity index (χ2n) is 9.88. The minimum Gasteiger partial charge on any atom is -0.444 e. The van der Waals surface area contributed by atoms with Crippen molar-refractivity contribution in [1.82, 2.24) is 21.3 Å². The van der Waals surface area contributed by atoms with Crippen molar-refractivity contribution < 1.29 is 23.9 Å². The van der Waals surface area contributed by atoms with Crippen molar-refractivity contribution >= 4 is 58.2 Å². The Labute approximate surface area is 234 Å². The van der Waals surface area contributed by atoms with E-state index in [9.17, 15) is 19.2 Å². The number of hydrogen-bond donors (Lipinski definition) is 4. The molecule has 1 saturated heterocycles. The number of thiocarbonyl (C=S) groups is 1. The van der Waals surface area contributed by atoms with E-state index in [2.05, 4.69) is 21.3 Å². The fourth-order valence-corrected chi connectivity index (χ4v) is 4.49. The first-order valence-electron chi connectivity index (χ1n) is 12.9. The van der Waals surface area contributed by atoms with Crippen LogP contribution in [0.15, 0.2) is 29.2 Å². The van der Waals surface area contributed by atoms with Gasteiger partial charge >= 0.3 is 6.09 Å². The average molecular weight is 563 g/mol. The Kier molecular flexibility index (Phi) is 13.3. The van der Waals surface area contributed by atoms with Crippen LogP contribution < -0.4 is 21.3 Å². The summed E-state index contributed by atoms with van der Waals surface area (Å²) in [7, 11) is 0. The van der Waals surface area contributed by atoms with E-state index in [0.29, 0.717) is 40.8 Å². The fraction of sp³-hybridized carbons (Fsp3) is 0.519. The smallest absolute Gasteiger partial charge is 0.407 e. The molecule has 11 heteroatoms. The second-order valence-corrected chi connectivity index (χ2v) is 11.6. The van der Waals surface area contributed by atoms with Gasteiger partial charge in [0.25, 0.3) is 11.8 Å². The van der Waals surface area contributed by atoms with E-state index in [4.69, 9.17) is 17.0 Å². The lowest BCUT2D eigenvalue weighted by molar-refractivity contribution is -0.121. The molecule has 1 aromatic carbocycles. The van der Waals surface area contributed by atoms with Gasteiger partial charge in [-0.15, -0.1) is 0 Å². The standard InChI is InChI=1S/C27H38N4O5S2/c1-27(2,3)36-25(35)30-17-7-4-6-10-22(32)28-15-8-5-9-16-29-23(33)20-13-11-19(12-14-20)18-21-24(34)31-26(37)38-21/h11-14,18H,4-10,15-17H2,1-3H3,(H,28,32)(H,29,33)(H,30,35)(H,31,34,37). The van der Waals surface area contributed by atoms with Crippen LogP contribution in [0.5, 0.6) is 0 Å². The highest BCUT2D eigenvalue weighted by molar-refractivity contribution is 8.26. The van der Waals surface area contributed by atoms with Crippen molar-refractivity contribution in [2.45, 2.75) is 71.3 Å². The molecule has 0 spiro atoms. The molecule has 4 N–H and O–H groups in total. The molecule has 0 aliphatic carbocycles. The molecule has 0 atom stereocenters. The van der Waals surface area contributed by atoms with Gasteiger partial charge in [0.05, 0.1) is 4.91 Å². The molecule has 0 bridgehead atoms. The van der Waals surface area contributed by atoms with Gasteiger partial charge in [-0.2, -0.15) is 0 Å². The summed E-state index contributed by atoms with van der Waals surface area (Å²) < 4.78 is 5.61. The van der Waals surface area contributed by atoms with Gasteiger partial charge in [-0.1, -0.05) is 42.5 Å². The molecule has 1 aromatic rings. The zero-order chi connectivity index (χ0) is 28.0. The largest absolute Gasteiger partial charge is 0.444 e. The number of benzene rings is 1. The Balaban J connectivity index is 1.47. The number of ether oxygens (including phenoxy) is 1. The number of rotatable bonds is 14. The Morgan fingerprint density at radius 1 is 0.921 bits per heavy atom. The zero-order valence-corrected chi connectivity index (χ0v) is 23.9. The molecular weight excluding hydrogens is 524 g/mol. The first-order chi connectivity index (χ1) is 18.0. The van der Waals surface area contributed by atoms with Gasteiger partial charge in [0.15, 0.2) is 0 Å². The van der Waals surface area contributed by atoms with Crippen LogP contribution in [0.1, 0.15) is 81.6 Å². The van der Waals surface area contributed by atoms with E-state index >= 15 is 0 Å². The molecule has 2 rings (SSSR count). The van der Waals surface area contributed by atoms with E-state index in [0.717, 1.165) is 44.1 Å². The molecule has 1 aliphatic heterocycles. The minimum atomic E-state index is -0.505. The third-order valence-corrected chi connectivity index (χ3v) is 6.49. The highest BCUT2D eigenvalue weighted by atomic mass is 32.2. The van der Waals surface area contributed by atoms with E-state index in [-0.39, 0.29) is 17.7 Å². The first-order valence-corrected chi connectivity index (χ1v) is 14.1. The lowest BCUT2D eigenvalue weighted by Gasteiger charge is -2.19. The lowest BCUT2D eigenvalue weighted by Crippen LogP contribution is -2.33. The zero-order valence-electron chi connectivity index (χ0n) is 22.3. The van der Waals surface area contributed by atoms with Crippen LogP contribution in [-0.2, 0) is 14.3 Å². The van der Waals surface area contributed by atoms with E-state index in [1.54, 1.807) is 30.3 Å². The van der Waals surface area contributed by atoms with Crippen molar-refractivity contribution in [3.8, 4) is 0 Å². The van der Waals surface area contributed by atoms with Crippen LogP contribution in [0, 0.1) is 0 Å². The number of thioether (sulfide) groups is 1. The quantitative estimate of drug-likeness (QED) is 0.152. The summed E-state index contributed by atoms with van der Waals surface area (Å²) in [4.78, 5) is 48.1. The molecule has 9 nitrogen and oxygen atoms in total. The van der Waals surface area contributed by atoms with Gasteiger partial charge in [0.1, 0.15) is 9.92 Å². The Hall–Kier alpha value is -2.92. The van der Waals surface area contributed by atoms with Crippen LogP contribution >= 0.6 is 24.0 Å². The molecular formula is C27H38N4O5S2. The van der Waals surface area contributed by atoms with Crippen molar-refractivity contribution in [2.24, 2.45) is 0 Å². The molecule has 0 radical (unpaired) electrons. The van der Waals surface area contributed by atoms with E-state index < -0.39 is 11.7 Å². The SMILES string of the molecule is CC(C)(C)OC(=O)NCCCCCC(=O)NCCCCCNC(=O)c1ccc(C=C2SC(=S)NC2=O)cc1. The normalized spacial score (nSPS) is 14.2. The molecule has 1 fully saturated rings. The summed E-state index contributed by atoms with van der Waals surface area (Å²) in [5.74, 6) is -0.316.